The predicted molar refractivity (Wildman–Crippen MR) is 88.6 cm³/mol. The van der Waals surface area contributed by atoms with Crippen molar-refractivity contribution in [2.45, 2.75) is 25.8 Å². The highest BCUT2D eigenvalue weighted by atomic mass is 16.5. The van der Waals surface area contributed by atoms with Crippen molar-refractivity contribution in [2.24, 2.45) is 0 Å². The fourth-order valence-electron chi connectivity index (χ4n) is 2.94. The van der Waals surface area contributed by atoms with E-state index in [0.29, 0.717) is 0 Å². The molecule has 0 saturated heterocycles. The highest BCUT2D eigenvalue weighted by Gasteiger charge is 2.12. The molecule has 4 rings (SSSR count). The normalized spacial score (nSPS) is 12.9. The van der Waals surface area contributed by atoms with Gasteiger partial charge in [-0.2, -0.15) is 5.10 Å². The molecule has 2 heterocycles. The number of aromatic nitrogens is 3. The molecule has 116 valence electrons. The van der Waals surface area contributed by atoms with E-state index in [-0.39, 0.29) is 0 Å². The largest absolute Gasteiger partial charge is 0.493 e. The van der Waals surface area contributed by atoms with Crippen LogP contribution >= 0.6 is 0 Å². The minimum Gasteiger partial charge on any atom is -0.493 e. The summed E-state index contributed by atoms with van der Waals surface area (Å²) in [5, 5.41) is 4.57. The molecule has 23 heavy (non-hydrogen) atoms. The van der Waals surface area contributed by atoms with E-state index in [1.807, 2.05) is 29.2 Å². The van der Waals surface area contributed by atoms with Gasteiger partial charge in [0, 0.05) is 19.4 Å². The van der Waals surface area contributed by atoms with Crippen LogP contribution in [0.3, 0.4) is 0 Å². The number of hydrogen-bond acceptors (Lipinski definition) is 3. The number of ether oxygens (including phenoxy) is 1. The lowest BCUT2D eigenvalue weighted by Gasteiger charge is -2.04. The lowest BCUT2D eigenvalue weighted by molar-refractivity contribution is 0.357. The van der Waals surface area contributed by atoms with Gasteiger partial charge >= 0.3 is 0 Å². The molecule has 0 saturated carbocycles. The lowest BCUT2D eigenvalue weighted by atomic mass is 10.1. The molecule has 0 aliphatic carbocycles. The molecule has 0 fully saturated rings. The smallest absolute Gasteiger partial charge is 0.154 e. The van der Waals surface area contributed by atoms with Crippen LogP contribution in [0.15, 0.2) is 54.9 Å². The summed E-state index contributed by atoms with van der Waals surface area (Å²) in [6.07, 6.45) is 4.59. The Balaban J connectivity index is 1.38. The first kappa shape index (κ1) is 14.0. The standard InChI is InChI=1S/C19H19N3O/c1-2-4-15(5-3-1)13-19-20-14-22(21-19)10-8-16-6-7-18-17(12-16)9-11-23-18/h1-7,12,14H,8-11,13H2. The fourth-order valence-corrected chi connectivity index (χ4v) is 2.94. The van der Waals surface area contributed by atoms with Crippen LogP contribution in [0.5, 0.6) is 5.75 Å². The maximum Gasteiger partial charge on any atom is 0.154 e. The van der Waals surface area contributed by atoms with Gasteiger partial charge in [0.2, 0.25) is 0 Å². The summed E-state index contributed by atoms with van der Waals surface area (Å²) in [6, 6.07) is 16.8. The van der Waals surface area contributed by atoms with E-state index in [0.717, 1.165) is 44.0 Å². The van der Waals surface area contributed by atoms with Gasteiger partial charge in [-0.1, -0.05) is 42.5 Å². The summed E-state index contributed by atoms with van der Waals surface area (Å²) in [4.78, 5) is 4.41. The molecule has 0 radical (unpaired) electrons. The van der Waals surface area contributed by atoms with Crippen LogP contribution in [0.25, 0.3) is 0 Å². The van der Waals surface area contributed by atoms with E-state index in [4.69, 9.17) is 4.74 Å². The molecule has 0 bridgehead atoms. The number of nitrogens with zero attached hydrogens (tertiary/aromatic N) is 3. The molecule has 1 aliphatic heterocycles. The van der Waals surface area contributed by atoms with Crippen molar-refractivity contribution in [1.29, 1.82) is 0 Å². The third-order valence-corrected chi connectivity index (χ3v) is 4.17. The monoisotopic (exact) mass is 305 g/mol. The molecule has 0 unspecified atom stereocenters. The molecule has 0 amide bonds. The molecular weight excluding hydrogens is 286 g/mol. The van der Waals surface area contributed by atoms with Gasteiger partial charge in [0.1, 0.15) is 12.1 Å². The third-order valence-electron chi connectivity index (χ3n) is 4.17. The minimum absolute atomic E-state index is 0.782. The average molecular weight is 305 g/mol. The zero-order valence-electron chi connectivity index (χ0n) is 13.0. The van der Waals surface area contributed by atoms with Crippen LogP contribution in [0.2, 0.25) is 0 Å². The van der Waals surface area contributed by atoms with E-state index in [1.54, 1.807) is 0 Å². The van der Waals surface area contributed by atoms with Gasteiger partial charge in [-0.05, 0) is 29.2 Å². The summed E-state index contributed by atoms with van der Waals surface area (Å²) >= 11 is 0. The Bertz CT molecular complexity index is 795. The van der Waals surface area contributed by atoms with Crippen LogP contribution in [0.1, 0.15) is 22.5 Å². The maximum atomic E-state index is 5.55. The highest BCUT2D eigenvalue weighted by Crippen LogP contribution is 2.26. The summed E-state index contributed by atoms with van der Waals surface area (Å²) in [7, 11) is 0. The third kappa shape index (κ3) is 3.26. The summed E-state index contributed by atoms with van der Waals surface area (Å²) < 4.78 is 7.48. The first-order valence-corrected chi connectivity index (χ1v) is 8.04. The van der Waals surface area contributed by atoms with E-state index < -0.39 is 0 Å². The van der Waals surface area contributed by atoms with Crippen molar-refractivity contribution in [3.63, 3.8) is 0 Å². The number of benzene rings is 2. The molecule has 2 aromatic carbocycles. The average Bonchev–Trinajstić information content (AvgIpc) is 3.22. The minimum atomic E-state index is 0.782. The Morgan fingerprint density at radius 3 is 2.87 bits per heavy atom. The zero-order valence-corrected chi connectivity index (χ0v) is 13.0. The number of rotatable bonds is 5. The molecule has 4 nitrogen and oxygen atoms in total. The summed E-state index contributed by atoms with van der Waals surface area (Å²) in [5.41, 5.74) is 3.89. The molecule has 3 aromatic rings. The second-order valence-corrected chi connectivity index (χ2v) is 5.88. The molecule has 1 aromatic heterocycles. The van der Waals surface area contributed by atoms with E-state index in [9.17, 15) is 0 Å². The maximum absolute atomic E-state index is 5.55. The SMILES string of the molecule is c1ccc(Cc2ncn(CCc3ccc4c(c3)CCO4)n2)cc1. The lowest BCUT2D eigenvalue weighted by Crippen LogP contribution is -2.03. The van der Waals surface area contributed by atoms with Crippen molar-refractivity contribution in [2.75, 3.05) is 6.61 Å². The molecule has 4 heteroatoms. The van der Waals surface area contributed by atoms with Gasteiger partial charge in [-0.3, -0.25) is 4.68 Å². The Kier molecular flexibility index (Phi) is 3.80. The highest BCUT2D eigenvalue weighted by molar-refractivity contribution is 5.39. The van der Waals surface area contributed by atoms with Crippen molar-refractivity contribution in [3.8, 4) is 5.75 Å². The second kappa shape index (κ2) is 6.24. The van der Waals surface area contributed by atoms with Gasteiger partial charge in [0.05, 0.1) is 6.61 Å². The fraction of sp³-hybridized carbons (Fsp3) is 0.263. The molecule has 0 atom stereocenters. The zero-order chi connectivity index (χ0) is 15.5. The van der Waals surface area contributed by atoms with Gasteiger partial charge in [0.25, 0.3) is 0 Å². The van der Waals surface area contributed by atoms with E-state index in [1.165, 1.54) is 16.7 Å². The topological polar surface area (TPSA) is 39.9 Å². The predicted octanol–water partition coefficient (Wildman–Crippen LogP) is 3.05. The molecule has 0 spiro atoms. The van der Waals surface area contributed by atoms with Gasteiger partial charge in [-0.25, -0.2) is 4.98 Å². The number of hydrogen-bond donors (Lipinski definition) is 0. The Morgan fingerprint density at radius 1 is 1.04 bits per heavy atom. The van der Waals surface area contributed by atoms with Crippen LogP contribution in [0.4, 0.5) is 0 Å². The van der Waals surface area contributed by atoms with Gasteiger partial charge in [0.15, 0.2) is 5.82 Å². The Morgan fingerprint density at radius 2 is 1.96 bits per heavy atom. The Labute approximate surface area is 135 Å². The summed E-state index contributed by atoms with van der Waals surface area (Å²) in [6.45, 7) is 1.66. The first-order valence-electron chi connectivity index (χ1n) is 8.04. The van der Waals surface area contributed by atoms with Crippen LogP contribution in [0, 0.1) is 0 Å². The first-order chi connectivity index (χ1) is 11.4. The van der Waals surface area contributed by atoms with Gasteiger partial charge < -0.3 is 4.74 Å². The van der Waals surface area contributed by atoms with Crippen LogP contribution < -0.4 is 4.74 Å². The summed E-state index contributed by atoms with van der Waals surface area (Å²) in [5.74, 6) is 1.92. The molecule has 0 N–H and O–H groups in total. The number of fused-ring (bicyclic) bond motifs is 1. The van der Waals surface area contributed by atoms with Crippen molar-refractivity contribution >= 4 is 0 Å². The quantitative estimate of drug-likeness (QED) is 0.727. The van der Waals surface area contributed by atoms with Crippen LogP contribution in [-0.2, 0) is 25.8 Å². The van der Waals surface area contributed by atoms with Crippen molar-refractivity contribution in [3.05, 3.63) is 77.4 Å². The molecular formula is C19H19N3O. The second-order valence-electron chi connectivity index (χ2n) is 5.88. The molecule has 1 aliphatic rings. The van der Waals surface area contributed by atoms with Crippen LogP contribution in [-0.4, -0.2) is 21.4 Å². The van der Waals surface area contributed by atoms with Crippen molar-refractivity contribution in [1.82, 2.24) is 14.8 Å². The Hall–Kier alpha value is -2.62. The number of aryl methyl sites for hydroxylation is 2. The van der Waals surface area contributed by atoms with Crippen molar-refractivity contribution < 1.29 is 4.74 Å². The van der Waals surface area contributed by atoms with Gasteiger partial charge in [-0.15, -0.1) is 0 Å². The van der Waals surface area contributed by atoms with E-state index in [2.05, 4.69) is 40.4 Å². The van der Waals surface area contributed by atoms with E-state index >= 15 is 0 Å².